The third-order valence-corrected chi connectivity index (χ3v) is 5.47. The minimum atomic E-state index is -3.85. The Morgan fingerprint density at radius 3 is 2.55 bits per heavy atom. The van der Waals surface area contributed by atoms with Crippen molar-refractivity contribution in [2.75, 3.05) is 11.8 Å². The van der Waals surface area contributed by atoms with Crippen LogP contribution in [0.4, 0.5) is 5.69 Å². The second kappa shape index (κ2) is 6.68. The highest BCUT2D eigenvalue weighted by molar-refractivity contribution is 9.10. The Bertz CT molecular complexity index is 823. The molecule has 2 rings (SSSR count). The molecule has 0 radical (unpaired) electrons. The molecule has 0 fully saturated rings. The highest BCUT2D eigenvalue weighted by Gasteiger charge is 2.19. The van der Waals surface area contributed by atoms with Crippen molar-refractivity contribution in [2.24, 2.45) is 0 Å². The molecular formula is C14H11BrClNO4S. The Morgan fingerprint density at radius 2 is 1.91 bits per heavy atom. The van der Waals surface area contributed by atoms with Crippen LogP contribution in [0.15, 0.2) is 51.8 Å². The number of hydrogen-bond acceptors (Lipinski definition) is 4. The molecule has 2 aromatic rings. The van der Waals surface area contributed by atoms with Crippen LogP contribution in [-0.2, 0) is 14.8 Å². The maximum atomic E-state index is 12.4. The summed E-state index contributed by atoms with van der Waals surface area (Å²) in [6, 6.07) is 10.6. The molecule has 0 bridgehead atoms. The third kappa shape index (κ3) is 3.60. The van der Waals surface area contributed by atoms with Crippen molar-refractivity contribution in [2.45, 2.75) is 4.90 Å². The summed E-state index contributed by atoms with van der Waals surface area (Å²) in [6.07, 6.45) is 0. The molecule has 5 nitrogen and oxygen atoms in total. The van der Waals surface area contributed by atoms with Crippen LogP contribution in [0.3, 0.4) is 0 Å². The summed E-state index contributed by atoms with van der Waals surface area (Å²) < 4.78 is 32.2. The molecule has 0 aliphatic heterocycles. The maximum Gasteiger partial charge on any atom is 0.337 e. The first-order valence-electron chi connectivity index (χ1n) is 6.00. The second-order valence-electron chi connectivity index (χ2n) is 4.22. The van der Waals surface area contributed by atoms with Crippen LogP contribution < -0.4 is 4.72 Å². The maximum absolute atomic E-state index is 12.4. The first-order chi connectivity index (χ1) is 10.3. The van der Waals surface area contributed by atoms with Crippen molar-refractivity contribution in [1.82, 2.24) is 0 Å². The van der Waals surface area contributed by atoms with Crippen LogP contribution >= 0.6 is 27.5 Å². The molecule has 0 saturated heterocycles. The normalized spacial score (nSPS) is 11.0. The van der Waals surface area contributed by atoms with Gasteiger partial charge in [-0.3, -0.25) is 4.72 Å². The van der Waals surface area contributed by atoms with Gasteiger partial charge >= 0.3 is 5.97 Å². The van der Waals surface area contributed by atoms with Crippen molar-refractivity contribution < 1.29 is 17.9 Å². The fraction of sp³-hybridized carbons (Fsp3) is 0.0714. The van der Waals surface area contributed by atoms with E-state index in [9.17, 15) is 13.2 Å². The largest absolute Gasteiger partial charge is 0.465 e. The number of anilines is 1. The average Bonchev–Trinajstić information content (AvgIpc) is 2.48. The minimum absolute atomic E-state index is 0.0644. The molecule has 0 aliphatic rings. The van der Waals surface area contributed by atoms with Gasteiger partial charge in [0.1, 0.15) is 4.90 Å². The Hall–Kier alpha value is -1.57. The van der Waals surface area contributed by atoms with E-state index in [0.717, 1.165) is 0 Å². The molecule has 1 N–H and O–H groups in total. The fourth-order valence-electron chi connectivity index (χ4n) is 1.71. The Morgan fingerprint density at radius 1 is 1.23 bits per heavy atom. The van der Waals surface area contributed by atoms with E-state index in [4.69, 9.17) is 11.6 Å². The van der Waals surface area contributed by atoms with Gasteiger partial charge in [-0.2, -0.15) is 0 Å². The molecule has 0 aliphatic carbocycles. The zero-order valence-electron chi connectivity index (χ0n) is 11.3. The Kier molecular flexibility index (Phi) is 5.10. The number of carbonyl (C=O) groups is 1. The van der Waals surface area contributed by atoms with Gasteiger partial charge in [0.15, 0.2) is 0 Å². The van der Waals surface area contributed by atoms with E-state index >= 15 is 0 Å². The molecule has 0 saturated carbocycles. The molecule has 116 valence electrons. The van der Waals surface area contributed by atoms with Gasteiger partial charge in [0.25, 0.3) is 10.0 Å². The number of methoxy groups -OCH3 is 1. The SMILES string of the molecule is COC(=O)c1ccc(Cl)c(NS(=O)(=O)c2ccccc2Br)c1. The molecular weight excluding hydrogens is 394 g/mol. The number of halogens is 2. The Balaban J connectivity index is 2.42. The molecule has 8 heteroatoms. The van der Waals surface area contributed by atoms with Crippen molar-refractivity contribution in [3.63, 3.8) is 0 Å². The first-order valence-corrected chi connectivity index (χ1v) is 8.66. The quantitative estimate of drug-likeness (QED) is 0.789. The van der Waals surface area contributed by atoms with Crippen LogP contribution in [0.1, 0.15) is 10.4 Å². The Labute approximate surface area is 141 Å². The van der Waals surface area contributed by atoms with Crippen LogP contribution in [-0.4, -0.2) is 21.5 Å². The molecule has 2 aromatic carbocycles. The number of ether oxygens (including phenoxy) is 1. The van der Waals surface area contributed by atoms with Crippen LogP contribution in [0, 0.1) is 0 Å². The average molecular weight is 405 g/mol. The van der Waals surface area contributed by atoms with E-state index in [1.165, 1.54) is 31.4 Å². The highest BCUT2D eigenvalue weighted by atomic mass is 79.9. The molecule has 0 amide bonds. The lowest BCUT2D eigenvalue weighted by Gasteiger charge is -2.11. The summed E-state index contributed by atoms with van der Waals surface area (Å²) in [5, 5.41) is 0.170. The van der Waals surface area contributed by atoms with E-state index in [2.05, 4.69) is 25.4 Å². The minimum Gasteiger partial charge on any atom is -0.465 e. The van der Waals surface area contributed by atoms with E-state index in [-0.39, 0.29) is 21.2 Å². The monoisotopic (exact) mass is 403 g/mol. The molecule has 0 heterocycles. The molecule has 0 atom stereocenters. The van der Waals surface area contributed by atoms with Gasteiger partial charge in [-0.15, -0.1) is 0 Å². The van der Waals surface area contributed by atoms with Crippen molar-refractivity contribution in [1.29, 1.82) is 0 Å². The van der Waals surface area contributed by atoms with Crippen molar-refractivity contribution in [3.8, 4) is 0 Å². The van der Waals surface area contributed by atoms with Crippen LogP contribution in [0.5, 0.6) is 0 Å². The highest BCUT2D eigenvalue weighted by Crippen LogP contribution is 2.28. The number of rotatable bonds is 4. The zero-order chi connectivity index (χ0) is 16.3. The molecule has 0 aromatic heterocycles. The summed E-state index contributed by atoms with van der Waals surface area (Å²) in [4.78, 5) is 11.6. The summed E-state index contributed by atoms with van der Waals surface area (Å²) in [7, 11) is -2.61. The second-order valence-corrected chi connectivity index (χ2v) is 7.13. The number of benzene rings is 2. The standard InChI is InChI=1S/C14H11BrClNO4S/c1-21-14(18)9-6-7-11(16)12(8-9)17-22(19,20)13-5-3-2-4-10(13)15/h2-8,17H,1H3. The number of esters is 1. The summed E-state index contributed by atoms with van der Waals surface area (Å²) in [5.74, 6) is -0.585. The predicted octanol–water partition coefficient (Wildman–Crippen LogP) is 3.69. The predicted molar refractivity (Wildman–Crippen MR) is 87.7 cm³/mol. The summed E-state index contributed by atoms with van der Waals surface area (Å²) in [5.41, 5.74) is 0.289. The lowest BCUT2D eigenvalue weighted by molar-refractivity contribution is 0.0601. The van der Waals surface area contributed by atoms with E-state index < -0.39 is 16.0 Å². The topological polar surface area (TPSA) is 72.5 Å². The van der Waals surface area contributed by atoms with E-state index in [1.54, 1.807) is 18.2 Å². The van der Waals surface area contributed by atoms with Gasteiger partial charge in [-0.05, 0) is 46.3 Å². The fourth-order valence-corrected chi connectivity index (χ4v) is 4.01. The zero-order valence-corrected chi connectivity index (χ0v) is 14.5. The summed E-state index contributed by atoms with van der Waals surface area (Å²) >= 11 is 9.17. The van der Waals surface area contributed by atoms with E-state index in [1.807, 2.05) is 0 Å². The van der Waals surface area contributed by atoms with Crippen LogP contribution in [0.25, 0.3) is 0 Å². The lowest BCUT2D eigenvalue weighted by Crippen LogP contribution is -2.14. The molecule has 0 spiro atoms. The van der Waals surface area contributed by atoms with E-state index in [0.29, 0.717) is 4.47 Å². The lowest BCUT2D eigenvalue weighted by atomic mass is 10.2. The number of nitrogens with one attached hydrogen (secondary N) is 1. The van der Waals surface area contributed by atoms with Gasteiger partial charge in [-0.1, -0.05) is 23.7 Å². The number of sulfonamides is 1. The summed E-state index contributed by atoms with van der Waals surface area (Å²) in [6.45, 7) is 0. The molecule has 22 heavy (non-hydrogen) atoms. The van der Waals surface area contributed by atoms with Gasteiger partial charge in [-0.25, -0.2) is 13.2 Å². The smallest absolute Gasteiger partial charge is 0.337 e. The van der Waals surface area contributed by atoms with Gasteiger partial charge in [0.2, 0.25) is 0 Å². The number of carbonyl (C=O) groups excluding carboxylic acids is 1. The third-order valence-electron chi connectivity index (χ3n) is 2.76. The molecule has 0 unspecified atom stereocenters. The van der Waals surface area contributed by atoms with Gasteiger partial charge in [0, 0.05) is 4.47 Å². The number of hydrogen-bond donors (Lipinski definition) is 1. The van der Waals surface area contributed by atoms with Gasteiger partial charge < -0.3 is 4.74 Å². The van der Waals surface area contributed by atoms with Crippen molar-refractivity contribution in [3.05, 3.63) is 57.5 Å². The van der Waals surface area contributed by atoms with Crippen LogP contribution in [0.2, 0.25) is 5.02 Å². The van der Waals surface area contributed by atoms with Crippen molar-refractivity contribution >= 4 is 49.2 Å². The first kappa shape index (κ1) is 16.8. The van der Waals surface area contributed by atoms with Gasteiger partial charge in [0.05, 0.1) is 23.4 Å².